The number of nitrogens with one attached hydrogen (secondary N) is 1. The minimum absolute atomic E-state index is 0.921. The Labute approximate surface area is 89.4 Å². The lowest BCUT2D eigenvalue weighted by Gasteiger charge is -2.24. The van der Waals surface area contributed by atoms with Gasteiger partial charge in [-0.3, -0.25) is 25.0 Å². The van der Waals surface area contributed by atoms with Gasteiger partial charge in [-0.2, -0.15) is 0 Å². The van der Waals surface area contributed by atoms with Crippen LogP contribution >= 0.6 is 0 Å². The summed E-state index contributed by atoms with van der Waals surface area (Å²) in [6.07, 6.45) is 5.48. The maximum absolute atomic E-state index is 4.11. The zero-order valence-corrected chi connectivity index (χ0v) is 8.71. The number of hydrazine groups is 1. The second kappa shape index (κ2) is 5.33. The average Bonchev–Trinajstić information content (AvgIpc) is 3.06. The molecule has 0 aromatic rings. The summed E-state index contributed by atoms with van der Waals surface area (Å²) >= 11 is 0. The van der Waals surface area contributed by atoms with Gasteiger partial charge in [0.1, 0.15) is 12.7 Å². The maximum Gasteiger partial charge on any atom is 0.104 e. The van der Waals surface area contributed by atoms with Gasteiger partial charge in [-0.25, -0.2) is 0 Å². The molecule has 0 unspecified atom stereocenters. The first-order valence-electron chi connectivity index (χ1n) is 5.21. The van der Waals surface area contributed by atoms with E-state index in [2.05, 4.69) is 30.3 Å². The van der Waals surface area contributed by atoms with E-state index in [9.17, 15) is 0 Å². The first-order chi connectivity index (χ1) is 7.47. The summed E-state index contributed by atoms with van der Waals surface area (Å²) in [4.78, 5) is 12.1. The highest BCUT2D eigenvalue weighted by molar-refractivity contribution is 5.64. The third-order valence-electron chi connectivity index (χ3n) is 2.24. The van der Waals surface area contributed by atoms with Crippen LogP contribution in [0.25, 0.3) is 0 Å². The fraction of sp³-hybridized carbons (Fsp3) is 0.667. The predicted molar refractivity (Wildman–Crippen MR) is 61.5 cm³/mol. The van der Waals surface area contributed by atoms with Crippen molar-refractivity contribution < 1.29 is 0 Å². The third-order valence-corrected chi connectivity index (χ3v) is 2.24. The van der Waals surface area contributed by atoms with Crippen LogP contribution in [0, 0.1) is 0 Å². The molecule has 3 aliphatic rings. The minimum atomic E-state index is 0.921. The van der Waals surface area contributed by atoms with Gasteiger partial charge in [-0.15, -0.1) is 0 Å². The average molecular weight is 208 g/mol. The van der Waals surface area contributed by atoms with E-state index in [0.29, 0.717) is 0 Å². The molecule has 0 bridgehead atoms. The molecule has 3 rings (SSSR count). The molecule has 0 saturated carbocycles. The smallest absolute Gasteiger partial charge is 0.104 e. The zero-order valence-electron chi connectivity index (χ0n) is 8.71. The van der Waals surface area contributed by atoms with Crippen molar-refractivity contribution in [2.45, 2.75) is 0 Å². The first-order valence-corrected chi connectivity index (χ1v) is 5.21. The monoisotopic (exact) mass is 208 g/mol. The quantitative estimate of drug-likeness (QED) is 0.614. The molecule has 0 aliphatic carbocycles. The Kier molecular flexibility index (Phi) is 3.53. The fourth-order valence-electron chi connectivity index (χ4n) is 1.45. The lowest BCUT2D eigenvalue weighted by atomic mass is 10.6. The maximum atomic E-state index is 4.11. The fourth-order valence-corrected chi connectivity index (χ4v) is 1.45. The predicted octanol–water partition coefficient (Wildman–Crippen LogP) is -0.793. The standard InChI is InChI=1S/C6H10N4.C3H6N2/c1-3-9(5-7-1)10-4-2-8-6-10;1-2-5-3-4-1/h5-6H,1-4H2;3H,1-2H2,(H,4,5). The van der Waals surface area contributed by atoms with Gasteiger partial charge in [-0.05, 0) is 0 Å². The molecule has 3 heterocycles. The Morgan fingerprint density at radius 1 is 0.867 bits per heavy atom. The van der Waals surface area contributed by atoms with Crippen LogP contribution in [-0.4, -0.2) is 68.3 Å². The molecule has 15 heavy (non-hydrogen) atoms. The van der Waals surface area contributed by atoms with Gasteiger partial charge in [-0.1, -0.05) is 0 Å². The normalized spacial score (nSPS) is 21.9. The van der Waals surface area contributed by atoms with E-state index < -0.39 is 0 Å². The molecule has 1 N–H and O–H groups in total. The first kappa shape index (κ1) is 9.95. The Hall–Kier alpha value is -1.59. The van der Waals surface area contributed by atoms with Crippen LogP contribution in [0.3, 0.4) is 0 Å². The summed E-state index contributed by atoms with van der Waals surface area (Å²) in [6, 6.07) is 0. The molecule has 0 amide bonds. The number of hydrogen-bond donors (Lipinski definition) is 1. The molecule has 0 radical (unpaired) electrons. The van der Waals surface area contributed by atoms with Crippen LogP contribution < -0.4 is 5.32 Å². The van der Waals surface area contributed by atoms with Crippen molar-refractivity contribution in [2.75, 3.05) is 39.3 Å². The lowest BCUT2D eigenvalue weighted by molar-refractivity contribution is 0.176. The van der Waals surface area contributed by atoms with Gasteiger partial charge in [0.25, 0.3) is 0 Å². The summed E-state index contributed by atoms with van der Waals surface area (Å²) in [5.74, 6) is 0. The molecule has 3 aliphatic heterocycles. The van der Waals surface area contributed by atoms with Crippen molar-refractivity contribution in [3.8, 4) is 0 Å². The Bertz CT molecular complexity index is 246. The molecular formula is C9H16N6. The number of hydrogen-bond acceptors (Lipinski definition) is 6. The SMILES string of the molecule is C1=NCCN1.C1=NCCN1N1C=NCC1. The number of rotatable bonds is 1. The third kappa shape index (κ3) is 2.93. The van der Waals surface area contributed by atoms with E-state index in [-0.39, 0.29) is 0 Å². The molecule has 6 nitrogen and oxygen atoms in total. The van der Waals surface area contributed by atoms with E-state index in [0.717, 1.165) is 39.3 Å². The number of aliphatic imine (C=N–C) groups is 3. The van der Waals surface area contributed by atoms with Crippen molar-refractivity contribution >= 4 is 19.0 Å². The highest BCUT2D eigenvalue weighted by Crippen LogP contribution is 2.01. The zero-order chi connectivity index (χ0) is 10.3. The molecule has 0 atom stereocenters. The van der Waals surface area contributed by atoms with E-state index in [1.807, 2.05) is 12.7 Å². The summed E-state index contributed by atoms with van der Waals surface area (Å²) in [5.41, 5.74) is 0. The van der Waals surface area contributed by atoms with Crippen LogP contribution in [0.4, 0.5) is 0 Å². The summed E-state index contributed by atoms with van der Waals surface area (Å²) in [7, 11) is 0. The molecule has 0 aromatic heterocycles. The van der Waals surface area contributed by atoms with Crippen molar-refractivity contribution in [2.24, 2.45) is 15.0 Å². The molecule has 0 aromatic carbocycles. The van der Waals surface area contributed by atoms with Crippen molar-refractivity contribution in [3.63, 3.8) is 0 Å². The van der Waals surface area contributed by atoms with Crippen molar-refractivity contribution in [1.82, 2.24) is 15.3 Å². The van der Waals surface area contributed by atoms with Crippen molar-refractivity contribution in [3.05, 3.63) is 0 Å². The van der Waals surface area contributed by atoms with E-state index >= 15 is 0 Å². The molecular weight excluding hydrogens is 192 g/mol. The molecule has 0 saturated heterocycles. The molecule has 0 fully saturated rings. The van der Waals surface area contributed by atoms with Crippen molar-refractivity contribution in [1.29, 1.82) is 0 Å². The largest absolute Gasteiger partial charge is 0.375 e. The van der Waals surface area contributed by atoms with Gasteiger partial charge >= 0.3 is 0 Å². The van der Waals surface area contributed by atoms with Crippen LogP contribution in [0.1, 0.15) is 0 Å². The molecule has 6 heteroatoms. The Morgan fingerprint density at radius 3 is 1.80 bits per heavy atom. The van der Waals surface area contributed by atoms with Crippen LogP contribution in [0.15, 0.2) is 15.0 Å². The minimum Gasteiger partial charge on any atom is -0.375 e. The van der Waals surface area contributed by atoms with E-state index in [1.54, 1.807) is 6.34 Å². The second-order valence-electron chi connectivity index (χ2n) is 3.36. The molecule has 82 valence electrons. The van der Waals surface area contributed by atoms with E-state index in [4.69, 9.17) is 0 Å². The van der Waals surface area contributed by atoms with Gasteiger partial charge in [0.05, 0.1) is 39.1 Å². The summed E-state index contributed by atoms with van der Waals surface area (Å²) in [6.45, 7) is 5.84. The second-order valence-corrected chi connectivity index (χ2v) is 3.36. The van der Waals surface area contributed by atoms with Crippen LogP contribution in [0.5, 0.6) is 0 Å². The highest BCUT2D eigenvalue weighted by atomic mass is 15.6. The number of nitrogens with zero attached hydrogens (tertiary/aromatic N) is 5. The Balaban J connectivity index is 0.000000144. The van der Waals surface area contributed by atoms with Gasteiger partial charge in [0, 0.05) is 6.54 Å². The lowest BCUT2D eigenvalue weighted by Crippen LogP contribution is -2.38. The summed E-state index contributed by atoms with van der Waals surface area (Å²) < 4.78 is 0. The summed E-state index contributed by atoms with van der Waals surface area (Å²) in [5, 5.41) is 7.12. The van der Waals surface area contributed by atoms with Gasteiger partial charge < -0.3 is 5.32 Å². The van der Waals surface area contributed by atoms with Crippen LogP contribution in [-0.2, 0) is 0 Å². The van der Waals surface area contributed by atoms with Crippen LogP contribution in [0.2, 0.25) is 0 Å². The Morgan fingerprint density at radius 2 is 1.53 bits per heavy atom. The molecule has 0 spiro atoms. The topological polar surface area (TPSA) is 55.6 Å². The van der Waals surface area contributed by atoms with Gasteiger partial charge in [0.2, 0.25) is 0 Å². The van der Waals surface area contributed by atoms with E-state index in [1.165, 1.54) is 0 Å². The van der Waals surface area contributed by atoms with Gasteiger partial charge in [0.15, 0.2) is 0 Å². The highest BCUT2D eigenvalue weighted by Gasteiger charge is 2.14.